The highest BCUT2D eigenvalue weighted by molar-refractivity contribution is 7.65. The highest BCUT2D eigenvalue weighted by Crippen LogP contribution is 2.67. The van der Waals surface area contributed by atoms with Crippen LogP contribution >= 0.6 is 7.92 Å². The molecule has 0 heterocycles. The first-order valence-corrected chi connectivity index (χ1v) is 14.7. The van der Waals surface area contributed by atoms with Crippen molar-refractivity contribution in [3.63, 3.8) is 0 Å². The maximum Gasteiger partial charge on any atom is -0.0228 e. The van der Waals surface area contributed by atoms with Crippen LogP contribution in [0.5, 0.6) is 0 Å². The summed E-state index contributed by atoms with van der Waals surface area (Å²) in [4.78, 5) is 0. The zero-order chi connectivity index (χ0) is 19.1. The summed E-state index contributed by atoms with van der Waals surface area (Å²) in [6.07, 6.45) is 22.4. The SMILES string of the molecule is c1ccc(P(CC23CC4CC(CC(C4)C2)C3)CC23CC4CC(CC(C4)C2)C3)cc1. The van der Waals surface area contributed by atoms with Gasteiger partial charge in [0, 0.05) is 0 Å². The van der Waals surface area contributed by atoms with E-state index in [0.717, 1.165) is 46.3 Å². The molecule has 1 aromatic rings. The Kier molecular flexibility index (Phi) is 4.14. The van der Waals surface area contributed by atoms with Crippen LogP contribution in [0.1, 0.15) is 77.0 Å². The molecule has 8 bridgehead atoms. The van der Waals surface area contributed by atoms with Crippen LogP contribution in [-0.2, 0) is 0 Å². The van der Waals surface area contributed by atoms with Gasteiger partial charge < -0.3 is 0 Å². The highest BCUT2D eigenvalue weighted by Gasteiger charge is 2.54. The Balaban J connectivity index is 1.19. The summed E-state index contributed by atoms with van der Waals surface area (Å²) in [6.45, 7) is 0. The largest absolute Gasteiger partial charge is 0.0742 e. The lowest BCUT2D eigenvalue weighted by Gasteiger charge is -2.60. The van der Waals surface area contributed by atoms with Crippen molar-refractivity contribution in [1.82, 2.24) is 0 Å². The van der Waals surface area contributed by atoms with Gasteiger partial charge in [-0.15, -0.1) is 0 Å². The molecule has 0 aliphatic heterocycles. The summed E-state index contributed by atoms with van der Waals surface area (Å²) in [7, 11) is 0.0224. The second kappa shape index (κ2) is 6.58. The third-order valence-corrected chi connectivity index (χ3v) is 13.6. The molecular weight excluding hydrogens is 367 g/mol. The Morgan fingerprint density at radius 2 is 0.897 bits per heavy atom. The molecule has 0 aromatic heterocycles. The smallest absolute Gasteiger partial charge is 0.0228 e. The van der Waals surface area contributed by atoms with Crippen LogP contribution in [0.2, 0.25) is 0 Å². The molecule has 0 atom stereocenters. The molecule has 8 aliphatic rings. The van der Waals surface area contributed by atoms with Crippen molar-refractivity contribution < 1.29 is 0 Å². The van der Waals surface area contributed by atoms with Crippen LogP contribution in [-0.4, -0.2) is 12.3 Å². The van der Waals surface area contributed by atoms with E-state index in [1.165, 1.54) is 0 Å². The monoisotopic (exact) mass is 406 g/mol. The van der Waals surface area contributed by atoms with Gasteiger partial charge in [0.25, 0.3) is 0 Å². The molecule has 0 unspecified atom stereocenters. The van der Waals surface area contributed by atoms with Crippen molar-refractivity contribution in [1.29, 1.82) is 0 Å². The number of hydrogen-bond donors (Lipinski definition) is 0. The molecule has 1 heteroatoms. The molecule has 8 fully saturated rings. The van der Waals surface area contributed by atoms with E-state index in [1.807, 2.05) is 0 Å². The topological polar surface area (TPSA) is 0 Å². The van der Waals surface area contributed by atoms with Gasteiger partial charge in [0.15, 0.2) is 0 Å². The van der Waals surface area contributed by atoms with E-state index in [1.54, 1.807) is 94.7 Å². The first-order chi connectivity index (χ1) is 14.1. The molecule has 9 rings (SSSR count). The average Bonchev–Trinajstić information content (AvgIpc) is 2.65. The van der Waals surface area contributed by atoms with Crippen LogP contribution in [0.4, 0.5) is 0 Å². The lowest BCUT2D eigenvalue weighted by atomic mass is 9.50. The van der Waals surface area contributed by atoms with Crippen molar-refractivity contribution in [2.45, 2.75) is 77.0 Å². The fraction of sp³-hybridized carbons (Fsp3) is 0.786. The lowest BCUT2D eigenvalue weighted by molar-refractivity contribution is -0.0423. The van der Waals surface area contributed by atoms with Crippen molar-refractivity contribution in [3.05, 3.63) is 30.3 Å². The van der Waals surface area contributed by atoms with Crippen LogP contribution in [0.3, 0.4) is 0 Å². The second-order valence-corrected chi connectivity index (χ2v) is 15.3. The molecule has 8 aliphatic carbocycles. The van der Waals surface area contributed by atoms with E-state index in [2.05, 4.69) is 30.3 Å². The molecule has 29 heavy (non-hydrogen) atoms. The van der Waals surface area contributed by atoms with Gasteiger partial charge in [0.05, 0.1) is 0 Å². The summed E-state index contributed by atoms with van der Waals surface area (Å²) in [5.41, 5.74) is 1.50. The number of hydrogen-bond acceptors (Lipinski definition) is 0. The summed E-state index contributed by atoms with van der Waals surface area (Å²) in [6, 6.07) is 12.0. The van der Waals surface area contributed by atoms with Gasteiger partial charge in [-0.3, -0.25) is 0 Å². The Hall–Kier alpha value is -0.350. The van der Waals surface area contributed by atoms with Crippen LogP contribution < -0.4 is 5.30 Å². The molecule has 0 spiro atoms. The van der Waals surface area contributed by atoms with Crippen LogP contribution in [0, 0.1) is 46.3 Å². The van der Waals surface area contributed by atoms with E-state index in [0.29, 0.717) is 0 Å². The zero-order valence-electron chi connectivity index (χ0n) is 18.2. The van der Waals surface area contributed by atoms with E-state index in [-0.39, 0.29) is 7.92 Å². The predicted octanol–water partition coefficient (Wildman–Crippen LogP) is 7.23. The highest BCUT2D eigenvalue weighted by atomic mass is 31.1. The van der Waals surface area contributed by atoms with Crippen LogP contribution in [0.15, 0.2) is 30.3 Å². The first-order valence-electron chi connectivity index (χ1n) is 12.9. The van der Waals surface area contributed by atoms with Crippen molar-refractivity contribution in [2.75, 3.05) is 12.3 Å². The maximum atomic E-state index is 2.52. The Morgan fingerprint density at radius 1 is 0.552 bits per heavy atom. The molecule has 8 saturated carbocycles. The first kappa shape index (κ1) is 18.2. The van der Waals surface area contributed by atoms with Gasteiger partial charge in [-0.25, -0.2) is 0 Å². The van der Waals surface area contributed by atoms with Crippen LogP contribution in [0.25, 0.3) is 0 Å². The second-order valence-electron chi connectivity index (χ2n) is 13.0. The summed E-state index contributed by atoms with van der Waals surface area (Å²) < 4.78 is 0. The third kappa shape index (κ3) is 3.18. The molecule has 0 nitrogen and oxygen atoms in total. The fourth-order valence-corrected chi connectivity index (χ4v) is 14.1. The van der Waals surface area contributed by atoms with Gasteiger partial charge in [-0.1, -0.05) is 38.3 Å². The molecule has 0 radical (unpaired) electrons. The summed E-state index contributed by atoms with van der Waals surface area (Å²) in [5, 5.41) is 1.76. The maximum absolute atomic E-state index is 2.52. The quantitative estimate of drug-likeness (QED) is 0.453. The van der Waals surface area contributed by atoms with Gasteiger partial charge in [-0.05, 0) is 141 Å². The summed E-state index contributed by atoms with van der Waals surface area (Å²) >= 11 is 0. The minimum Gasteiger partial charge on any atom is -0.0742 e. The van der Waals surface area contributed by atoms with E-state index in [4.69, 9.17) is 0 Å². The van der Waals surface area contributed by atoms with Gasteiger partial charge >= 0.3 is 0 Å². The molecule has 156 valence electrons. The molecule has 0 N–H and O–H groups in total. The van der Waals surface area contributed by atoms with Crippen molar-refractivity contribution in [3.8, 4) is 0 Å². The minimum atomic E-state index is 0.0224. The van der Waals surface area contributed by atoms with Crippen molar-refractivity contribution >= 4 is 13.2 Å². The third-order valence-electron chi connectivity index (χ3n) is 10.5. The van der Waals surface area contributed by atoms with Crippen molar-refractivity contribution in [2.24, 2.45) is 46.3 Å². The number of rotatable bonds is 5. The zero-order valence-corrected chi connectivity index (χ0v) is 19.1. The van der Waals surface area contributed by atoms with E-state index in [9.17, 15) is 0 Å². The lowest BCUT2D eigenvalue weighted by Crippen LogP contribution is -2.50. The molecule has 1 aromatic carbocycles. The minimum absolute atomic E-state index is 0.0224. The molecular formula is C28H39P. The average molecular weight is 407 g/mol. The normalized spacial score (nSPS) is 50.2. The predicted molar refractivity (Wildman–Crippen MR) is 124 cm³/mol. The Bertz CT molecular complexity index is 647. The summed E-state index contributed by atoms with van der Waals surface area (Å²) in [5.74, 6) is 6.63. The Morgan fingerprint density at radius 3 is 1.24 bits per heavy atom. The number of benzene rings is 1. The van der Waals surface area contributed by atoms with E-state index < -0.39 is 0 Å². The molecule has 0 saturated heterocycles. The van der Waals surface area contributed by atoms with Gasteiger partial charge in [-0.2, -0.15) is 0 Å². The fourth-order valence-electron chi connectivity index (χ4n) is 10.7. The van der Waals surface area contributed by atoms with E-state index >= 15 is 0 Å². The van der Waals surface area contributed by atoms with Gasteiger partial charge in [0.1, 0.15) is 0 Å². The molecule has 0 amide bonds. The standard InChI is InChI=1S/C28H39P/c1-2-4-26(5-3-1)29(18-27-12-20-6-21(13-27)8-22(7-20)14-27)19-28-15-23-9-24(16-28)11-25(10-23)17-28/h1-5,20-25H,6-19H2. The Labute approximate surface area is 179 Å². The van der Waals surface area contributed by atoms with Gasteiger partial charge in [0.2, 0.25) is 0 Å².